The van der Waals surface area contributed by atoms with Crippen LogP contribution in [-0.2, 0) is 11.2 Å². The van der Waals surface area contributed by atoms with E-state index < -0.39 is 0 Å². The minimum atomic E-state index is -0.208. The lowest BCUT2D eigenvalue weighted by Crippen LogP contribution is -2.30. The standard InChI is InChI=1S/C21H23N3O3S/c1-15-5-6-16(2)24(15)23-21(26)17-7-9-18(10-8-17)27-14-20(25)22-12-11-19-4-3-13-28-19/h3-10,13H,11-12,14H2,1-2H3,(H,22,25)(H,23,26). The summed E-state index contributed by atoms with van der Waals surface area (Å²) >= 11 is 1.67. The van der Waals surface area contributed by atoms with Gasteiger partial charge in [-0.15, -0.1) is 11.3 Å². The molecule has 146 valence electrons. The smallest absolute Gasteiger partial charge is 0.270 e. The predicted octanol–water partition coefficient (Wildman–Crippen LogP) is 3.29. The predicted molar refractivity (Wildman–Crippen MR) is 111 cm³/mol. The molecule has 2 N–H and O–H groups in total. The Kier molecular flexibility index (Phi) is 6.49. The van der Waals surface area contributed by atoms with Crippen LogP contribution in [0.15, 0.2) is 53.9 Å². The van der Waals surface area contributed by atoms with E-state index in [4.69, 9.17) is 4.74 Å². The first-order chi connectivity index (χ1) is 13.5. The van der Waals surface area contributed by atoms with Gasteiger partial charge in [-0.1, -0.05) is 6.07 Å². The van der Waals surface area contributed by atoms with Gasteiger partial charge >= 0.3 is 0 Å². The number of nitrogens with one attached hydrogen (secondary N) is 2. The molecule has 6 nitrogen and oxygen atoms in total. The Morgan fingerprint density at radius 2 is 1.75 bits per heavy atom. The third-order valence-corrected chi connectivity index (χ3v) is 5.18. The first kappa shape index (κ1) is 19.7. The highest BCUT2D eigenvalue weighted by Crippen LogP contribution is 2.13. The zero-order valence-corrected chi connectivity index (χ0v) is 16.7. The number of carbonyl (C=O) groups is 2. The topological polar surface area (TPSA) is 72.4 Å². The van der Waals surface area contributed by atoms with Gasteiger partial charge in [0.25, 0.3) is 11.8 Å². The third kappa shape index (κ3) is 5.23. The third-order valence-electron chi connectivity index (χ3n) is 4.24. The van der Waals surface area contributed by atoms with Gasteiger partial charge in [-0.25, -0.2) is 0 Å². The average Bonchev–Trinajstić information content (AvgIpc) is 3.32. The van der Waals surface area contributed by atoms with E-state index in [2.05, 4.69) is 10.7 Å². The molecule has 0 atom stereocenters. The summed E-state index contributed by atoms with van der Waals surface area (Å²) in [6.07, 6.45) is 0.813. The summed E-state index contributed by atoms with van der Waals surface area (Å²) in [4.78, 5) is 25.5. The minimum absolute atomic E-state index is 0.0578. The highest BCUT2D eigenvalue weighted by atomic mass is 32.1. The molecule has 0 radical (unpaired) electrons. The van der Waals surface area contributed by atoms with Gasteiger partial charge in [0.2, 0.25) is 0 Å². The maximum absolute atomic E-state index is 12.4. The molecular weight excluding hydrogens is 374 g/mol. The zero-order chi connectivity index (χ0) is 19.9. The van der Waals surface area contributed by atoms with Gasteiger partial charge in [0.1, 0.15) is 5.75 Å². The van der Waals surface area contributed by atoms with E-state index in [0.29, 0.717) is 17.9 Å². The number of amides is 2. The summed E-state index contributed by atoms with van der Waals surface area (Å²) in [5.74, 6) is 0.162. The van der Waals surface area contributed by atoms with E-state index in [9.17, 15) is 9.59 Å². The number of aryl methyl sites for hydroxylation is 2. The van der Waals surface area contributed by atoms with Crippen molar-refractivity contribution < 1.29 is 14.3 Å². The summed E-state index contributed by atoms with van der Waals surface area (Å²) in [6, 6.07) is 14.6. The fraction of sp³-hybridized carbons (Fsp3) is 0.238. The van der Waals surface area contributed by atoms with Crippen LogP contribution in [0, 0.1) is 13.8 Å². The Morgan fingerprint density at radius 3 is 2.39 bits per heavy atom. The van der Waals surface area contributed by atoms with E-state index in [1.54, 1.807) is 40.3 Å². The van der Waals surface area contributed by atoms with Crippen molar-refractivity contribution >= 4 is 23.2 Å². The molecule has 2 heterocycles. The van der Waals surface area contributed by atoms with E-state index in [1.807, 2.05) is 43.5 Å². The second-order valence-corrected chi connectivity index (χ2v) is 7.42. The van der Waals surface area contributed by atoms with Gasteiger partial charge < -0.3 is 10.1 Å². The molecule has 1 aromatic carbocycles. The Bertz CT molecular complexity index is 911. The molecule has 0 fully saturated rings. The van der Waals surface area contributed by atoms with Crippen LogP contribution in [0.25, 0.3) is 0 Å². The second-order valence-electron chi connectivity index (χ2n) is 6.38. The summed E-state index contributed by atoms with van der Waals surface area (Å²) < 4.78 is 7.23. The molecule has 2 aromatic heterocycles. The van der Waals surface area contributed by atoms with E-state index in [-0.39, 0.29) is 18.4 Å². The lowest BCUT2D eigenvalue weighted by Gasteiger charge is -2.12. The summed E-state index contributed by atoms with van der Waals surface area (Å²) in [7, 11) is 0. The van der Waals surface area contributed by atoms with Crippen LogP contribution in [0.3, 0.4) is 0 Å². The quantitative estimate of drug-likeness (QED) is 0.613. The summed E-state index contributed by atoms with van der Waals surface area (Å²) in [5, 5.41) is 4.85. The number of benzene rings is 1. The van der Waals surface area contributed by atoms with E-state index >= 15 is 0 Å². The molecule has 3 aromatic rings. The molecule has 0 spiro atoms. The molecule has 28 heavy (non-hydrogen) atoms. The Morgan fingerprint density at radius 1 is 1.04 bits per heavy atom. The normalized spacial score (nSPS) is 10.5. The molecule has 0 saturated carbocycles. The maximum Gasteiger partial charge on any atom is 0.270 e. The van der Waals surface area contributed by atoms with Crippen LogP contribution >= 0.6 is 11.3 Å². The van der Waals surface area contributed by atoms with Gasteiger partial charge in [-0.3, -0.25) is 19.7 Å². The molecule has 7 heteroatoms. The maximum atomic E-state index is 12.4. The van der Waals surface area contributed by atoms with Crippen LogP contribution < -0.4 is 15.5 Å². The van der Waals surface area contributed by atoms with Gasteiger partial charge in [-0.05, 0) is 68.1 Å². The first-order valence-electron chi connectivity index (χ1n) is 9.01. The number of aromatic nitrogens is 1. The van der Waals surface area contributed by atoms with Crippen molar-refractivity contribution in [3.63, 3.8) is 0 Å². The van der Waals surface area contributed by atoms with Gasteiger partial charge in [0.05, 0.1) is 0 Å². The van der Waals surface area contributed by atoms with Crippen LogP contribution in [-0.4, -0.2) is 29.6 Å². The molecule has 0 aliphatic carbocycles. The van der Waals surface area contributed by atoms with E-state index in [0.717, 1.165) is 17.8 Å². The van der Waals surface area contributed by atoms with E-state index in [1.165, 1.54) is 4.88 Å². The average molecular weight is 398 g/mol. The molecule has 0 unspecified atom stereocenters. The van der Waals surface area contributed by atoms with Crippen molar-refractivity contribution in [2.45, 2.75) is 20.3 Å². The molecule has 2 amide bonds. The van der Waals surface area contributed by atoms with Crippen molar-refractivity contribution in [3.05, 3.63) is 75.7 Å². The van der Waals surface area contributed by atoms with Gasteiger partial charge in [0, 0.05) is 28.4 Å². The van der Waals surface area contributed by atoms with Crippen LogP contribution in [0.1, 0.15) is 26.6 Å². The van der Waals surface area contributed by atoms with Crippen molar-refractivity contribution in [2.24, 2.45) is 0 Å². The molecule has 0 bridgehead atoms. The minimum Gasteiger partial charge on any atom is -0.484 e. The molecular formula is C21H23N3O3S. The highest BCUT2D eigenvalue weighted by molar-refractivity contribution is 7.09. The molecule has 3 rings (SSSR count). The van der Waals surface area contributed by atoms with Crippen LogP contribution in [0.2, 0.25) is 0 Å². The van der Waals surface area contributed by atoms with Crippen LogP contribution in [0.5, 0.6) is 5.75 Å². The largest absolute Gasteiger partial charge is 0.484 e. The number of nitrogens with zero attached hydrogens (tertiary/aromatic N) is 1. The van der Waals surface area contributed by atoms with Crippen LogP contribution in [0.4, 0.5) is 0 Å². The molecule has 0 aliphatic rings. The summed E-state index contributed by atoms with van der Waals surface area (Å²) in [6.45, 7) is 4.38. The lowest BCUT2D eigenvalue weighted by molar-refractivity contribution is -0.123. The Labute approximate surface area is 168 Å². The monoisotopic (exact) mass is 397 g/mol. The highest BCUT2D eigenvalue weighted by Gasteiger charge is 2.09. The second kappa shape index (κ2) is 9.23. The fourth-order valence-corrected chi connectivity index (χ4v) is 3.40. The van der Waals surface area contributed by atoms with Crippen molar-refractivity contribution in [1.82, 2.24) is 9.99 Å². The number of rotatable bonds is 8. The number of thiophene rings is 1. The Balaban J connectivity index is 1.44. The fourth-order valence-electron chi connectivity index (χ4n) is 2.69. The number of hydrogen-bond acceptors (Lipinski definition) is 4. The zero-order valence-electron chi connectivity index (χ0n) is 15.9. The van der Waals surface area contributed by atoms with Crippen molar-refractivity contribution in [2.75, 3.05) is 18.6 Å². The Hall–Kier alpha value is -3.06. The summed E-state index contributed by atoms with van der Waals surface area (Å²) in [5.41, 5.74) is 5.28. The molecule has 0 aliphatic heterocycles. The first-order valence-corrected chi connectivity index (χ1v) is 9.89. The van der Waals surface area contributed by atoms with Crippen molar-refractivity contribution in [3.8, 4) is 5.75 Å². The van der Waals surface area contributed by atoms with Gasteiger partial charge in [-0.2, -0.15) is 0 Å². The van der Waals surface area contributed by atoms with Crippen molar-refractivity contribution in [1.29, 1.82) is 0 Å². The molecule has 0 saturated heterocycles. The lowest BCUT2D eigenvalue weighted by atomic mass is 10.2. The number of ether oxygens (including phenoxy) is 1. The SMILES string of the molecule is Cc1ccc(C)n1NC(=O)c1ccc(OCC(=O)NCCc2cccs2)cc1. The van der Waals surface area contributed by atoms with Gasteiger partial charge in [0.15, 0.2) is 6.61 Å². The number of hydrogen-bond donors (Lipinski definition) is 2. The number of carbonyl (C=O) groups excluding carboxylic acids is 2.